The van der Waals surface area contributed by atoms with Crippen LogP contribution >= 0.6 is 0 Å². The summed E-state index contributed by atoms with van der Waals surface area (Å²) >= 11 is 0. The number of nitrogens with zero attached hydrogens (tertiary/aromatic N) is 1. The van der Waals surface area contributed by atoms with E-state index in [4.69, 9.17) is 10.2 Å². The largest absolute Gasteiger partial charge is 0.395 e. The molecule has 1 aromatic rings. The molecule has 0 atom stereocenters. The van der Waals surface area contributed by atoms with Crippen LogP contribution in [0, 0.1) is 11.8 Å². The lowest BCUT2D eigenvalue weighted by Crippen LogP contribution is -2.31. The van der Waals surface area contributed by atoms with Crippen LogP contribution in [0.25, 0.3) is 0 Å². The molecular weight excluding hydrogens is 264 g/mol. The molecule has 0 spiro atoms. The van der Waals surface area contributed by atoms with Crippen molar-refractivity contribution in [2.45, 2.75) is 19.4 Å². The molecule has 0 aliphatic rings. The topological polar surface area (TPSA) is 43.7 Å². The second-order valence-corrected chi connectivity index (χ2v) is 4.33. The first kappa shape index (κ1) is 16.6. The van der Waals surface area contributed by atoms with E-state index in [2.05, 4.69) is 11.8 Å². The van der Waals surface area contributed by atoms with E-state index in [9.17, 15) is 8.78 Å². The van der Waals surface area contributed by atoms with Crippen LogP contribution in [0.5, 0.6) is 0 Å². The fourth-order valence-electron chi connectivity index (χ4n) is 1.80. The van der Waals surface area contributed by atoms with Crippen molar-refractivity contribution in [3.63, 3.8) is 0 Å². The zero-order valence-electron chi connectivity index (χ0n) is 11.2. The van der Waals surface area contributed by atoms with Crippen molar-refractivity contribution in [3.05, 3.63) is 35.4 Å². The van der Waals surface area contributed by atoms with Crippen LogP contribution in [0.4, 0.5) is 8.78 Å². The van der Waals surface area contributed by atoms with E-state index in [1.807, 2.05) is 24.3 Å². The molecule has 20 heavy (non-hydrogen) atoms. The molecule has 0 saturated carbocycles. The highest BCUT2D eigenvalue weighted by Crippen LogP contribution is 2.09. The first-order chi connectivity index (χ1) is 9.65. The number of aliphatic hydroxyl groups excluding tert-OH is 2. The van der Waals surface area contributed by atoms with Gasteiger partial charge in [-0.05, 0) is 17.7 Å². The highest BCUT2D eigenvalue weighted by Gasteiger charge is 2.12. The predicted molar refractivity (Wildman–Crippen MR) is 73.4 cm³/mol. The molecule has 110 valence electrons. The highest BCUT2D eigenvalue weighted by molar-refractivity contribution is 5.37. The quantitative estimate of drug-likeness (QED) is 0.745. The van der Waals surface area contributed by atoms with Gasteiger partial charge < -0.3 is 10.2 Å². The Balaban J connectivity index is 2.70. The summed E-state index contributed by atoms with van der Waals surface area (Å²) in [5.74, 6) is 5.72. The lowest BCUT2D eigenvalue weighted by molar-refractivity contribution is 0.0746. The lowest BCUT2D eigenvalue weighted by Gasteiger charge is -2.20. The lowest BCUT2D eigenvalue weighted by atomic mass is 10.1. The van der Waals surface area contributed by atoms with Crippen molar-refractivity contribution >= 4 is 0 Å². The molecule has 0 heterocycles. The zero-order chi connectivity index (χ0) is 14.8. The summed E-state index contributed by atoms with van der Waals surface area (Å²) in [6.45, 7) is 0.0697. The SMILES string of the molecule is OCCC#Cc1cccc(CN(CCO)CC(F)F)c1. The van der Waals surface area contributed by atoms with Crippen LogP contribution in [0.3, 0.4) is 0 Å². The van der Waals surface area contributed by atoms with Crippen LogP contribution in [-0.2, 0) is 6.54 Å². The molecule has 0 aromatic heterocycles. The molecule has 5 heteroatoms. The van der Waals surface area contributed by atoms with Crippen LogP contribution < -0.4 is 0 Å². The maximum Gasteiger partial charge on any atom is 0.251 e. The van der Waals surface area contributed by atoms with Gasteiger partial charge in [-0.2, -0.15) is 0 Å². The number of rotatable bonds is 7. The molecule has 1 aromatic carbocycles. The highest BCUT2D eigenvalue weighted by atomic mass is 19.3. The average molecular weight is 283 g/mol. The molecular formula is C15H19F2NO2. The third kappa shape index (κ3) is 6.62. The summed E-state index contributed by atoms with van der Waals surface area (Å²) in [7, 11) is 0. The van der Waals surface area contributed by atoms with E-state index in [1.54, 1.807) is 0 Å². The van der Waals surface area contributed by atoms with Gasteiger partial charge in [0.2, 0.25) is 0 Å². The normalized spacial score (nSPS) is 10.7. The molecule has 0 saturated heterocycles. The van der Waals surface area contributed by atoms with E-state index in [1.165, 1.54) is 4.90 Å². The maximum absolute atomic E-state index is 12.4. The van der Waals surface area contributed by atoms with Crippen molar-refractivity contribution in [3.8, 4) is 11.8 Å². The molecule has 0 aliphatic carbocycles. The number of halogens is 2. The van der Waals surface area contributed by atoms with Crippen molar-refractivity contribution in [1.29, 1.82) is 0 Å². The summed E-state index contributed by atoms with van der Waals surface area (Å²) in [5.41, 5.74) is 1.66. The number of aliphatic hydroxyl groups is 2. The molecule has 1 rings (SSSR count). The summed E-state index contributed by atoms with van der Waals surface area (Å²) in [5, 5.41) is 17.5. The van der Waals surface area contributed by atoms with Gasteiger partial charge in [-0.25, -0.2) is 8.78 Å². The Morgan fingerprint density at radius 2 is 2.00 bits per heavy atom. The standard InChI is InChI=1S/C15H19F2NO2/c16-15(17)12-18(7-9-20)11-14-6-3-5-13(10-14)4-1-2-8-19/h3,5-6,10,15,19-20H,2,7-9,11-12H2. The van der Waals surface area contributed by atoms with E-state index < -0.39 is 6.43 Å². The minimum absolute atomic E-state index is 0.0192. The smallest absolute Gasteiger partial charge is 0.251 e. The van der Waals surface area contributed by atoms with Gasteiger partial charge in [0.15, 0.2) is 0 Å². The molecule has 0 unspecified atom stereocenters. The van der Waals surface area contributed by atoms with Gasteiger partial charge in [-0.15, -0.1) is 0 Å². The Morgan fingerprint density at radius 3 is 2.65 bits per heavy atom. The fourth-order valence-corrected chi connectivity index (χ4v) is 1.80. The Bertz CT molecular complexity index is 455. The molecule has 0 fully saturated rings. The minimum Gasteiger partial charge on any atom is -0.395 e. The van der Waals surface area contributed by atoms with Crippen LogP contribution in [-0.4, -0.2) is 47.8 Å². The van der Waals surface area contributed by atoms with E-state index in [0.29, 0.717) is 13.0 Å². The van der Waals surface area contributed by atoms with Crippen LogP contribution in [0.2, 0.25) is 0 Å². The van der Waals surface area contributed by atoms with Gasteiger partial charge in [-0.3, -0.25) is 4.90 Å². The zero-order valence-corrected chi connectivity index (χ0v) is 11.2. The number of benzene rings is 1. The fraction of sp³-hybridized carbons (Fsp3) is 0.467. The first-order valence-electron chi connectivity index (χ1n) is 6.45. The molecule has 0 bridgehead atoms. The summed E-state index contributed by atoms with van der Waals surface area (Å²) in [4.78, 5) is 1.50. The van der Waals surface area contributed by atoms with Crippen molar-refractivity contribution in [2.24, 2.45) is 0 Å². The minimum atomic E-state index is -2.42. The molecule has 0 radical (unpaired) electrons. The Morgan fingerprint density at radius 1 is 1.20 bits per heavy atom. The van der Waals surface area contributed by atoms with Gasteiger partial charge in [-0.1, -0.05) is 24.0 Å². The van der Waals surface area contributed by atoms with Crippen molar-refractivity contribution in [1.82, 2.24) is 4.90 Å². The van der Waals surface area contributed by atoms with Crippen molar-refractivity contribution < 1.29 is 19.0 Å². The molecule has 0 aliphatic heterocycles. The summed E-state index contributed by atoms with van der Waals surface area (Å²) < 4.78 is 24.9. The number of hydrogen-bond donors (Lipinski definition) is 2. The van der Waals surface area contributed by atoms with E-state index in [-0.39, 0.29) is 26.3 Å². The van der Waals surface area contributed by atoms with E-state index in [0.717, 1.165) is 11.1 Å². The van der Waals surface area contributed by atoms with Crippen molar-refractivity contribution in [2.75, 3.05) is 26.3 Å². The van der Waals surface area contributed by atoms with E-state index >= 15 is 0 Å². The van der Waals surface area contributed by atoms with Crippen LogP contribution in [0.15, 0.2) is 24.3 Å². The number of alkyl halides is 2. The van der Waals surface area contributed by atoms with Crippen LogP contribution in [0.1, 0.15) is 17.5 Å². The third-order valence-electron chi connectivity index (χ3n) is 2.62. The Labute approximate surface area is 117 Å². The van der Waals surface area contributed by atoms with Gasteiger partial charge in [0.05, 0.1) is 19.8 Å². The Kier molecular flexibility index (Phi) is 7.81. The van der Waals surface area contributed by atoms with Gasteiger partial charge in [0.1, 0.15) is 0 Å². The summed E-state index contributed by atoms with van der Waals surface area (Å²) in [6, 6.07) is 7.32. The average Bonchev–Trinajstić information content (AvgIpc) is 2.39. The second-order valence-electron chi connectivity index (χ2n) is 4.33. The molecule has 2 N–H and O–H groups in total. The molecule has 0 amide bonds. The first-order valence-corrected chi connectivity index (χ1v) is 6.45. The van der Waals surface area contributed by atoms with Gasteiger partial charge >= 0.3 is 0 Å². The van der Waals surface area contributed by atoms with Gasteiger partial charge in [0, 0.05) is 25.1 Å². The van der Waals surface area contributed by atoms with Gasteiger partial charge in [0.25, 0.3) is 6.43 Å². The Hall–Kier alpha value is -1.48. The summed E-state index contributed by atoms with van der Waals surface area (Å²) in [6.07, 6.45) is -2.01. The predicted octanol–water partition coefficient (Wildman–Crippen LogP) is 1.48. The molecule has 3 nitrogen and oxygen atoms in total. The monoisotopic (exact) mass is 283 g/mol. The maximum atomic E-state index is 12.4. The second kappa shape index (κ2) is 9.43. The number of hydrogen-bond acceptors (Lipinski definition) is 3. The third-order valence-corrected chi connectivity index (χ3v) is 2.62.